The topological polar surface area (TPSA) is 3.24 Å². The Bertz CT molecular complexity index is 676. The highest BCUT2D eigenvalue weighted by atomic mass is 15.1. The Kier molecular flexibility index (Phi) is 5.37. The van der Waals surface area contributed by atoms with Gasteiger partial charge in [0.2, 0.25) is 0 Å². The van der Waals surface area contributed by atoms with E-state index in [1.54, 1.807) is 0 Å². The normalized spacial score (nSPS) is 11.7. The third-order valence-corrected chi connectivity index (χ3v) is 3.79. The average Bonchev–Trinajstić information content (AvgIpc) is 2.59. The van der Waals surface area contributed by atoms with E-state index in [9.17, 15) is 0 Å². The highest BCUT2D eigenvalue weighted by Gasteiger charge is 2.03. The van der Waals surface area contributed by atoms with Crippen LogP contribution in [0.4, 0.5) is 5.69 Å². The van der Waals surface area contributed by atoms with Gasteiger partial charge < -0.3 is 4.90 Å². The van der Waals surface area contributed by atoms with Gasteiger partial charge in [-0.2, -0.15) is 0 Å². The quantitative estimate of drug-likeness (QED) is 0.626. The Morgan fingerprint density at radius 1 is 0.909 bits per heavy atom. The lowest BCUT2D eigenvalue weighted by Crippen LogP contribution is -2.13. The molecule has 0 aliphatic heterocycles. The maximum atomic E-state index is 4.13. The van der Waals surface area contributed by atoms with Gasteiger partial charge in [0.1, 0.15) is 0 Å². The Morgan fingerprint density at radius 3 is 2.09 bits per heavy atom. The largest absolute Gasteiger partial charge is 0.345 e. The van der Waals surface area contributed by atoms with Gasteiger partial charge in [0, 0.05) is 18.4 Å². The van der Waals surface area contributed by atoms with Gasteiger partial charge in [-0.3, -0.25) is 0 Å². The Hall–Kier alpha value is -2.54. The fourth-order valence-corrected chi connectivity index (χ4v) is 2.11. The van der Waals surface area contributed by atoms with Crippen molar-refractivity contribution in [2.24, 2.45) is 0 Å². The van der Waals surface area contributed by atoms with Crippen molar-refractivity contribution in [3.05, 3.63) is 90.7 Å². The number of nitrogens with zero attached hydrogens (tertiary/aromatic N) is 1. The van der Waals surface area contributed by atoms with Crippen molar-refractivity contribution in [2.75, 3.05) is 11.9 Å². The van der Waals surface area contributed by atoms with E-state index in [0.717, 1.165) is 11.4 Å². The van der Waals surface area contributed by atoms with Crippen molar-refractivity contribution >= 4 is 5.69 Å². The van der Waals surface area contributed by atoms with Crippen LogP contribution in [-0.2, 0) is 0 Å². The molecule has 0 bridgehead atoms. The predicted molar refractivity (Wildman–Crippen MR) is 98.0 cm³/mol. The SMILES string of the molecule is C=C(C=CC(C)=CC)N(C)c1ccc(-c2ccccc2)cc1. The third-order valence-electron chi connectivity index (χ3n) is 3.79. The molecule has 2 rings (SSSR count). The molecule has 1 nitrogen and oxygen atoms in total. The first-order valence-corrected chi connectivity index (χ1v) is 7.51. The molecular formula is C21H23N. The molecule has 0 fully saturated rings. The fraction of sp³-hybridized carbons (Fsp3) is 0.143. The molecule has 0 spiro atoms. The first kappa shape index (κ1) is 15.8. The molecule has 22 heavy (non-hydrogen) atoms. The minimum atomic E-state index is 0.966. The molecule has 0 aromatic heterocycles. The molecule has 2 aromatic rings. The van der Waals surface area contributed by atoms with Gasteiger partial charge in [0.05, 0.1) is 0 Å². The molecule has 2 aromatic carbocycles. The number of hydrogen-bond acceptors (Lipinski definition) is 1. The van der Waals surface area contributed by atoms with Crippen molar-refractivity contribution < 1.29 is 0 Å². The first-order valence-electron chi connectivity index (χ1n) is 7.51. The summed E-state index contributed by atoms with van der Waals surface area (Å²) in [5.74, 6) is 0. The molecule has 0 saturated heterocycles. The molecule has 0 N–H and O–H groups in total. The highest BCUT2D eigenvalue weighted by molar-refractivity contribution is 5.67. The zero-order valence-corrected chi connectivity index (χ0v) is 13.6. The molecule has 1 heteroatoms. The van der Waals surface area contributed by atoms with Crippen LogP contribution in [0.5, 0.6) is 0 Å². The second kappa shape index (κ2) is 7.46. The summed E-state index contributed by atoms with van der Waals surface area (Å²) in [7, 11) is 2.04. The van der Waals surface area contributed by atoms with Crippen LogP contribution in [0.1, 0.15) is 13.8 Å². The molecule has 0 heterocycles. The molecule has 0 amide bonds. The van der Waals surface area contributed by atoms with E-state index in [1.165, 1.54) is 16.7 Å². The van der Waals surface area contributed by atoms with Crippen LogP contribution in [0.25, 0.3) is 11.1 Å². The predicted octanol–water partition coefficient (Wildman–Crippen LogP) is 5.83. The standard InChI is InChI=1S/C21H23N/c1-5-17(2)11-12-18(3)22(4)21-15-13-20(14-16-21)19-9-7-6-8-10-19/h5-16H,3H2,1-2,4H3. The van der Waals surface area contributed by atoms with Gasteiger partial charge >= 0.3 is 0 Å². The Labute approximate surface area is 133 Å². The van der Waals surface area contributed by atoms with Gasteiger partial charge in [0.15, 0.2) is 0 Å². The van der Waals surface area contributed by atoms with Crippen LogP contribution in [0.3, 0.4) is 0 Å². The van der Waals surface area contributed by atoms with Crippen molar-refractivity contribution in [1.82, 2.24) is 0 Å². The summed E-state index contributed by atoms with van der Waals surface area (Å²) in [6.07, 6.45) is 6.20. The monoisotopic (exact) mass is 289 g/mol. The first-order chi connectivity index (χ1) is 10.6. The summed E-state index contributed by atoms with van der Waals surface area (Å²) >= 11 is 0. The van der Waals surface area contributed by atoms with Gasteiger partial charge in [0.25, 0.3) is 0 Å². The van der Waals surface area contributed by atoms with E-state index >= 15 is 0 Å². The lowest BCUT2D eigenvalue weighted by Gasteiger charge is -2.20. The smallest absolute Gasteiger partial charge is 0.0408 e. The molecule has 112 valence electrons. The van der Waals surface area contributed by atoms with Crippen molar-refractivity contribution in [1.29, 1.82) is 0 Å². The average molecular weight is 289 g/mol. The third kappa shape index (κ3) is 3.98. The Morgan fingerprint density at radius 2 is 1.50 bits per heavy atom. The zero-order valence-electron chi connectivity index (χ0n) is 13.6. The van der Waals surface area contributed by atoms with Gasteiger partial charge in [-0.05, 0) is 43.2 Å². The summed E-state index contributed by atoms with van der Waals surface area (Å²) in [6.45, 7) is 8.25. The molecule has 0 atom stereocenters. The second-order valence-electron chi connectivity index (χ2n) is 5.33. The second-order valence-corrected chi connectivity index (χ2v) is 5.33. The summed E-state index contributed by atoms with van der Waals surface area (Å²) < 4.78 is 0. The fourth-order valence-electron chi connectivity index (χ4n) is 2.11. The van der Waals surface area contributed by atoms with Crippen molar-refractivity contribution in [3.8, 4) is 11.1 Å². The lowest BCUT2D eigenvalue weighted by molar-refractivity contribution is 1.14. The lowest BCUT2D eigenvalue weighted by atomic mass is 10.1. The van der Waals surface area contributed by atoms with E-state index < -0.39 is 0 Å². The maximum Gasteiger partial charge on any atom is 0.0408 e. The van der Waals surface area contributed by atoms with E-state index in [4.69, 9.17) is 0 Å². The van der Waals surface area contributed by atoms with Crippen molar-refractivity contribution in [2.45, 2.75) is 13.8 Å². The number of hydrogen-bond donors (Lipinski definition) is 0. The molecular weight excluding hydrogens is 266 g/mol. The number of likely N-dealkylation sites (N-methyl/N-ethyl adjacent to an activating group) is 1. The van der Waals surface area contributed by atoms with Gasteiger partial charge in [-0.25, -0.2) is 0 Å². The van der Waals surface area contributed by atoms with Crippen LogP contribution in [0.2, 0.25) is 0 Å². The molecule has 0 aliphatic carbocycles. The van der Waals surface area contributed by atoms with Crippen molar-refractivity contribution in [3.63, 3.8) is 0 Å². The number of benzene rings is 2. The summed E-state index contributed by atoms with van der Waals surface area (Å²) in [5, 5.41) is 0. The summed E-state index contributed by atoms with van der Waals surface area (Å²) in [4.78, 5) is 2.09. The zero-order chi connectivity index (χ0) is 15.9. The number of rotatable bonds is 5. The minimum absolute atomic E-state index is 0.966. The van der Waals surface area contributed by atoms with Crippen LogP contribution in [0, 0.1) is 0 Å². The number of allylic oxidation sites excluding steroid dienone is 4. The van der Waals surface area contributed by atoms with Crippen LogP contribution in [0.15, 0.2) is 90.7 Å². The molecule has 0 saturated carbocycles. The summed E-state index contributed by atoms with van der Waals surface area (Å²) in [5.41, 5.74) is 5.79. The van der Waals surface area contributed by atoms with Crippen LogP contribution in [-0.4, -0.2) is 7.05 Å². The Balaban J connectivity index is 2.13. The minimum Gasteiger partial charge on any atom is -0.345 e. The highest BCUT2D eigenvalue weighted by Crippen LogP contribution is 2.24. The number of anilines is 1. The molecule has 0 aliphatic rings. The van der Waals surface area contributed by atoms with E-state index in [0.29, 0.717) is 0 Å². The van der Waals surface area contributed by atoms with Gasteiger partial charge in [-0.15, -0.1) is 0 Å². The van der Waals surface area contributed by atoms with Gasteiger partial charge in [-0.1, -0.05) is 66.8 Å². The van der Waals surface area contributed by atoms with Crippen LogP contribution < -0.4 is 4.90 Å². The maximum absolute atomic E-state index is 4.13. The van der Waals surface area contributed by atoms with E-state index in [-0.39, 0.29) is 0 Å². The molecule has 0 radical (unpaired) electrons. The summed E-state index contributed by atoms with van der Waals surface area (Å²) in [6, 6.07) is 19.0. The van der Waals surface area contributed by atoms with E-state index in [2.05, 4.69) is 79.1 Å². The van der Waals surface area contributed by atoms with E-state index in [1.807, 2.05) is 26.1 Å². The van der Waals surface area contributed by atoms with Crippen LogP contribution >= 0.6 is 0 Å². The molecule has 0 unspecified atom stereocenters.